The van der Waals surface area contributed by atoms with Crippen molar-refractivity contribution in [3.8, 4) is 17.4 Å². The summed E-state index contributed by atoms with van der Waals surface area (Å²) in [6.45, 7) is 1.85. The van der Waals surface area contributed by atoms with Gasteiger partial charge in [-0.1, -0.05) is 18.9 Å². The predicted molar refractivity (Wildman–Crippen MR) is 145 cm³/mol. The van der Waals surface area contributed by atoms with Crippen molar-refractivity contribution in [3.05, 3.63) is 82.7 Å². The van der Waals surface area contributed by atoms with Gasteiger partial charge in [0, 0.05) is 18.3 Å². The summed E-state index contributed by atoms with van der Waals surface area (Å²) in [5.74, 6) is -0.864. The third-order valence-electron chi connectivity index (χ3n) is 4.94. The van der Waals surface area contributed by atoms with Crippen LogP contribution in [0.1, 0.15) is 40.9 Å². The van der Waals surface area contributed by atoms with Gasteiger partial charge in [0.25, 0.3) is 0 Å². The number of unbranched alkanes of at least 4 members (excludes halogenated alkanes) is 3. The van der Waals surface area contributed by atoms with Gasteiger partial charge in [0.05, 0.1) is 17.0 Å². The molecule has 2 aromatic heterocycles. The molecule has 3 rings (SSSR count). The summed E-state index contributed by atoms with van der Waals surface area (Å²) in [6.07, 6.45) is 7.42. The lowest BCUT2D eigenvalue weighted by Crippen LogP contribution is -2.12. The first-order valence-electron chi connectivity index (χ1n) is 12.0. The topological polar surface area (TPSA) is 126 Å². The van der Waals surface area contributed by atoms with Gasteiger partial charge in [-0.15, -0.1) is 11.3 Å². The van der Waals surface area contributed by atoms with Gasteiger partial charge in [-0.25, -0.2) is 14.6 Å². The van der Waals surface area contributed by atoms with E-state index in [2.05, 4.69) is 24.0 Å². The van der Waals surface area contributed by atoms with Crippen LogP contribution in [0.2, 0.25) is 0 Å². The smallest absolute Gasteiger partial charge is 0.328 e. The van der Waals surface area contributed by atoms with Crippen LogP contribution in [0.5, 0.6) is 17.4 Å². The van der Waals surface area contributed by atoms with E-state index in [0.717, 1.165) is 18.7 Å². The maximum absolute atomic E-state index is 12.7. The van der Waals surface area contributed by atoms with E-state index in [9.17, 15) is 14.4 Å². The summed E-state index contributed by atoms with van der Waals surface area (Å²) < 4.78 is 11.7. The zero-order chi connectivity index (χ0) is 27.8. The number of ketones is 1. The summed E-state index contributed by atoms with van der Waals surface area (Å²) in [4.78, 5) is 38.9. The monoisotopic (exact) mass is 540 g/mol. The van der Waals surface area contributed by atoms with Crippen molar-refractivity contribution in [2.75, 3.05) is 27.2 Å². The fourth-order valence-corrected chi connectivity index (χ4v) is 3.80. The number of aromatic nitrogens is 1. The standard InChI is InChI=1S/C24H28N2O3S.C4H4O4/c1-26(2)16-5-3-4-6-17-28-19-11-13-20(14-12-19)29-24-21(9-7-15-25-24)23(27)22-10-8-18-30-22;5-3(6)1-2-4(7)8/h7-15,18H,3-6,16-17H2,1-2H3;1-2H,(H,5,6)(H,7,8)/b;2-1+. The van der Waals surface area contributed by atoms with Crippen molar-refractivity contribution in [3.63, 3.8) is 0 Å². The lowest BCUT2D eigenvalue weighted by atomic mass is 10.1. The molecule has 2 N–H and O–H groups in total. The first-order valence-corrected chi connectivity index (χ1v) is 12.9. The lowest BCUT2D eigenvalue weighted by molar-refractivity contribution is -0.134. The number of carbonyl (C=O) groups excluding carboxylic acids is 1. The molecule has 10 heteroatoms. The van der Waals surface area contributed by atoms with Gasteiger partial charge in [0.1, 0.15) is 11.5 Å². The molecule has 38 heavy (non-hydrogen) atoms. The van der Waals surface area contributed by atoms with Crippen molar-refractivity contribution >= 4 is 29.1 Å². The number of nitrogens with zero attached hydrogens (tertiary/aromatic N) is 2. The second-order valence-corrected chi connectivity index (χ2v) is 9.26. The number of carboxylic acids is 2. The van der Waals surface area contributed by atoms with Gasteiger partial charge in [-0.3, -0.25) is 4.79 Å². The van der Waals surface area contributed by atoms with Crippen molar-refractivity contribution in [1.82, 2.24) is 9.88 Å². The minimum Gasteiger partial charge on any atom is -0.494 e. The average molecular weight is 541 g/mol. The Morgan fingerprint density at radius 1 is 0.895 bits per heavy atom. The molecule has 0 spiro atoms. The highest BCUT2D eigenvalue weighted by Gasteiger charge is 2.17. The van der Waals surface area contributed by atoms with Crippen LogP contribution in [0, 0.1) is 0 Å². The second-order valence-electron chi connectivity index (χ2n) is 8.31. The molecule has 0 fully saturated rings. The molecule has 2 heterocycles. The van der Waals surface area contributed by atoms with Crippen molar-refractivity contribution in [2.45, 2.75) is 25.7 Å². The molecule has 0 aliphatic heterocycles. The molecule has 0 atom stereocenters. The van der Waals surface area contributed by atoms with Crippen LogP contribution in [0.15, 0.2) is 72.3 Å². The predicted octanol–water partition coefficient (Wildman–Crippen LogP) is 5.38. The van der Waals surface area contributed by atoms with Crippen LogP contribution < -0.4 is 9.47 Å². The zero-order valence-electron chi connectivity index (χ0n) is 21.4. The SMILES string of the molecule is CN(C)CCCCCCOc1ccc(Oc2ncccc2C(=O)c2cccs2)cc1.O=C(O)/C=C/C(=O)O. The number of carboxylic acid groups (broad SMARTS) is 2. The average Bonchev–Trinajstić information content (AvgIpc) is 3.43. The van der Waals surface area contributed by atoms with E-state index in [1.807, 2.05) is 35.7 Å². The first kappa shape index (κ1) is 30.2. The molecule has 0 unspecified atom stereocenters. The quantitative estimate of drug-likeness (QED) is 0.157. The first-order chi connectivity index (χ1) is 18.3. The number of hydrogen-bond donors (Lipinski definition) is 2. The van der Waals surface area contributed by atoms with Crippen LogP contribution in [-0.2, 0) is 9.59 Å². The number of benzene rings is 1. The van der Waals surface area contributed by atoms with Crippen LogP contribution >= 0.6 is 11.3 Å². The van der Waals surface area contributed by atoms with Crippen LogP contribution in [0.3, 0.4) is 0 Å². The fraction of sp³-hybridized carbons (Fsp3) is 0.286. The van der Waals surface area contributed by atoms with Gasteiger partial charge in [0.15, 0.2) is 0 Å². The van der Waals surface area contributed by atoms with Gasteiger partial charge >= 0.3 is 11.9 Å². The number of hydrogen-bond acceptors (Lipinski definition) is 8. The van der Waals surface area contributed by atoms with Crippen LogP contribution in [0.4, 0.5) is 0 Å². The molecule has 0 amide bonds. The maximum atomic E-state index is 12.7. The molecule has 3 aromatic rings. The lowest BCUT2D eigenvalue weighted by Gasteiger charge is -2.10. The van der Waals surface area contributed by atoms with Crippen LogP contribution in [0.25, 0.3) is 0 Å². The summed E-state index contributed by atoms with van der Waals surface area (Å²) in [6, 6.07) is 14.6. The molecular formula is C28H32N2O7S. The molecule has 0 saturated heterocycles. The molecular weight excluding hydrogens is 508 g/mol. The third-order valence-corrected chi connectivity index (χ3v) is 5.80. The minimum absolute atomic E-state index is 0.0846. The number of rotatable bonds is 14. The largest absolute Gasteiger partial charge is 0.494 e. The molecule has 9 nitrogen and oxygen atoms in total. The van der Waals surface area contributed by atoms with Gasteiger partial charge in [-0.05, 0) is 81.3 Å². The molecule has 0 aliphatic rings. The number of pyridine rings is 1. The molecule has 1 aromatic carbocycles. The normalized spacial score (nSPS) is 10.6. The Morgan fingerprint density at radius 3 is 2.16 bits per heavy atom. The highest BCUT2D eigenvalue weighted by Crippen LogP contribution is 2.27. The Kier molecular flexibility index (Phi) is 13.3. The number of thiophene rings is 1. The van der Waals surface area contributed by atoms with E-state index >= 15 is 0 Å². The summed E-state index contributed by atoms with van der Waals surface area (Å²) in [5, 5.41) is 17.5. The Hall–Kier alpha value is -4.02. The van der Waals surface area contributed by atoms with Gasteiger partial charge < -0.3 is 24.6 Å². The van der Waals surface area contributed by atoms with Crippen molar-refractivity contribution < 1.29 is 34.1 Å². The molecule has 0 saturated carbocycles. The number of ether oxygens (including phenoxy) is 2. The van der Waals surface area contributed by atoms with Crippen molar-refractivity contribution in [2.24, 2.45) is 0 Å². The van der Waals surface area contributed by atoms with Gasteiger partial charge in [0.2, 0.25) is 11.7 Å². The maximum Gasteiger partial charge on any atom is 0.328 e. The molecule has 0 radical (unpaired) electrons. The minimum atomic E-state index is -1.26. The summed E-state index contributed by atoms with van der Waals surface area (Å²) >= 11 is 1.41. The highest BCUT2D eigenvalue weighted by atomic mass is 32.1. The van der Waals surface area contributed by atoms with Crippen molar-refractivity contribution in [1.29, 1.82) is 0 Å². The summed E-state index contributed by atoms with van der Waals surface area (Å²) in [7, 11) is 4.21. The molecule has 0 aliphatic carbocycles. The van der Waals surface area contributed by atoms with E-state index in [-0.39, 0.29) is 5.78 Å². The summed E-state index contributed by atoms with van der Waals surface area (Å²) in [5.41, 5.74) is 0.453. The third kappa shape index (κ3) is 11.8. The number of carbonyl (C=O) groups is 3. The fourth-order valence-electron chi connectivity index (χ4n) is 3.12. The molecule has 202 valence electrons. The Morgan fingerprint density at radius 2 is 1.55 bits per heavy atom. The Balaban J connectivity index is 0.000000550. The van der Waals surface area contributed by atoms with E-state index in [1.165, 1.54) is 30.6 Å². The zero-order valence-corrected chi connectivity index (χ0v) is 22.2. The van der Waals surface area contributed by atoms with Crippen LogP contribution in [-0.4, -0.2) is 65.1 Å². The Labute approximate surface area is 226 Å². The van der Waals surface area contributed by atoms with E-state index < -0.39 is 11.9 Å². The van der Waals surface area contributed by atoms with E-state index in [0.29, 0.717) is 40.8 Å². The Bertz CT molecular complexity index is 1160. The van der Waals surface area contributed by atoms with E-state index in [1.54, 1.807) is 24.4 Å². The number of aliphatic carboxylic acids is 2. The van der Waals surface area contributed by atoms with Gasteiger partial charge in [-0.2, -0.15) is 0 Å². The second kappa shape index (κ2) is 16.7. The van der Waals surface area contributed by atoms with E-state index in [4.69, 9.17) is 19.7 Å². The molecule has 0 bridgehead atoms. The highest BCUT2D eigenvalue weighted by molar-refractivity contribution is 7.12.